The lowest BCUT2D eigenvalue weighted by molar-refractivity contribution is -0.140. The van der Waals surface area contributed by atoms with Gasteiger partial charge in [0.2, 0.25) is 0 Å². The number of carbonyl (C=O) groups excluding carboxylic acids is 3. The summed E-state index contributed by atoms with van der Waals surface area (Å²) in [5.41, 5.74) is 2.63. The van der Waals surface area contributed by atoms with E-state index in [4.69, 9.17) is 9.47 Å². The lowest BCUT2D eigenvalue weighted by Crippen LogP contribution is -2.52. The number of imide groups is 1. The predicted octanol–water partition coefficient (Wildman–Crippen LogP) is 2.37. The molecule has 174 valence electrons. The number of hydrogen-bond donors (Lipinski definition) is 2. The highest BCUT2D eigenvalue weighted by molar-refractivity contribution is 6.08. The Morgan fingerprint density at radius 3 is 2.62 bits per heavy atom. The maximum absolute atomic E-state index is 13.0. The molecule has 0 unspecified atom stereocenters. The van der Waals surface area contributed by atoms with Crippen LogP contribution in [0.4, 0.5) is 4.79 Å². The van der Waals surface area contributed by atoms with Crippen molar-refractivity contribution in [2.24, 2.45) is 5.92 Å². The van der Waals surface area contributed by atoms with Crippen LogP contribution in [-0.2, 0) is 9.59 Å². The fourth-order valence-electron chi connectivity index (χ4n) is 5.13. The van der Waals surface area contributed by atoms with Crippen molar-refractivity contribution in [3.8, 4) is 11.5 Å². The second-order valence-electron chi connectivity index (χ2n) is 9.11. The first-order chi connectivity index (χ1) is 15.4. The largest absolute Gasteiger partial charge is 0.497 e. The summed E-state index contributed by atoms with van der Waals surface area (Å²) < 4.78 is 10.9. The smallest absolute Gasteiger partial charge is 0.344 e. The fraction of sp³-hybridized carbons (Fsp3) is 0.609. The second-order valence-corrected chi connectivity index (χ2v) is 9.11. The predicted molar refractivity (Wildman–Crippen MR) is 117 cm³/mol. The molecule has 0 aromatic heterocycles. The van der Waals surface area contributed by atoms with Crippen molar-refractivity contribution in [1.29, 1.82) is 0 Å². The number of likely N-dealkylation sites (tertiary alicyclic amines) is 1. The van der Waals surface area contributed by atoms with Crippen molar-refractivity contribution in [1.82, 2.24) is 20.7 Å². The van der Waals surface area contributed by atoms with Gasteiger partial charge in [0.25, 0.3) is 11.8 Å². The number of hydrazine groups is 1. The van der Waals surface area contributed by atoms with Crippen molar-refractivity contribution in [3.05, 3.63) is 23.8 Å². The molecule has 32 heavy (non-hydrogen) atoms. The third-order valence-electron chi connectivity index (χ3n) is 7.03. The van der Waals surface area contributed by atoms with Gasteiger partial charge in [-0.25, -0.2) is 4.79 Å². The van der Waals surface area contributed by atoms with Crippen molar-refractivity contribution < 1.29 is 23.9 Å². The third-order valence-corrected chi connectivity index (χ3v) is 7.03. The lowest BCUT2D eigenvalue weighted by Gasteiger charge is -2.33. The van der Waals surface area contributed by atoms with Crippen LogP contribution in [-0.4, -0.2) is 60.6 Å². The Bertz CT molecular complexity index is 896. The van der Waals surface area contributed by atoms with E-state index in [1.54, 1.807) is 14.2 Å². The summed E-state index contributed by atoms with van der Waals surface area (Å²) in [4.78, 5) is 40.4. The Hall–Kier alpha value is -2.81. The minimum atomic E-state index is -0.874. The molecule has 2 heterocycles. The Morgan fingerprint density at radius 2 is 1.94 bits per heavy atom. The van der Waals surface area contributed by atoms with Gasteiger partial charge in [0.05, 0.1) is 20.8 Å². The molecule has 1 aromatic carbocycles. The highest BCUT2D eigenvalue weighted by atomic mass is 16.5. The van der Waals surface area contributed by atoms with Gasteiger partial charge in [-0.3, -0.25) is 19.9 Å². The molecule has 1 aliphatic carbocycles. The van der Waals surface area contributed by atoms with Crippen LogP contribution < -0.4 is 20.2 Å². The summed E-state index contributed by atoms with van der Waals surface area (Å²) in [5, 5.41) is 3.70. The topological polar surface area (TPSA) is 100 Å². The van der Waals surface area contributed by atoms with Gasteiger partial charge in [-0.05, 0) is 69.2 Å². The summed E-state index contributed by atoms with van der Waals surface area (Å²) in [6.07, 6.45) is 4.78. The number of amides is 4. The SMILES string of the molecule is COc1ccc(OC)c([C@@H]2CCCN2CC(=O)NN2C(=O)NC3(CCC(C)CC3)C2=O)c1. The van der Waals surface area contributed by atoms with Crippen LogP contribution in [0.15, 0.2) is 18.2 Å². The standard InChI is InChI=1S/C23H32N4O5/c1-15-8-10-23(11-9-15)21(29)27(22(30)24-23)25-20(28)14-26-12-4-5-18(26)17-13-16(31-2)6-7-19(17)32-3/h6-7,13,15,18H,4-5,8-12,14H2,1-3H3,(H,24,30)(H,25,28)/t15?,18-,23?/m0/s1. The molecule has 0 bridgehead atoms. The number of nitrogens with zero attached hydrogens (tertiary/aromatic N) is 2. The van der Waals surface area contributed by atoms with Gasteiger partial charge in [-0.2, -0.15) is 5.01 Å². The summed E-state index contributed by atoms with van der Waals surface area (Å²) in [6, 6.07) is 5.08. The first-order valence-corrected chi connectivity index (χ1v) is 11.3. The van der Waals surface area contributed by atoms with Crippen molar-refractivity contribution in [2.75, 3.05) is 27.3 Å². The molecule has 2 N–H and O–H groups in total. The van der Waals surface area contributed by atoms with Crippen LogP contribution in [0.3, 0.4) is 0 Å². The average Bonchev–Trinajstić information content (AvgIpc) is 3.33. The van der Waals surface area contributed by atoms with Crippen LogP contribution >= 0.6 is 0 Å². The number of urea groups is 1. The summed E-state index contributed by atoms with van der Waals surface area (Å²) >= 11 is 0. The van der Waals surface area contributed by atoms with Crippen LogP contribution in [0.1, 0.15) is 57.1 Å². The zero-order valence-electron chi connectivity index (χ0n) is 19.0. The number of rotatable bonds is 6. The van der Waals surface area contributed by atoms with Crippen LogP contribution in [0.2, 0.25) is 0 Å². The molecule has 1 aromatic rings. The van der Waals surface area contributed by atoms with E-state index in [9.17, 15) is 14.4 Å². The van der Waals surface area contributed by atoms with Gasteiger partial charge in [0.1, 0.15) is 17.0 Å². The van der Waals surface area contributed by atoms with Crippen molar-refractivity contribution in [2.45, 2.75) is 57.0 Å². The van der Waals surface area contributed by atoms with Crippen LogP contribution in [0.5, 0.6) is 11.5 Å². The zero-order chi connectivity index (χ0) is 22.9. The highest BCUT2D eigenvalue weighted by Crippen LogP contribution is 2.39. The van der Waals surface area contributed by atoms with E-state index in [1.807, 2.05) is 23.1 Å². The van der Waals surface area contributed by atoms with Gasteiger partial charge in [0.15, 0.2) is 0 Å². The fourth-order valence-corrected chi connectivity index (χ4v) is 5.13. The number of hydrogen-bond acceptors (Lipinski definition) is 6. The molecule has 2 aliphatic heterocycles. The van der Waals surface area contributed by atoms with Gasteiger partial charge in [-0.1, -0.05) is 6.92 Å². The molecule has 0 radical (unpaired) electrons. The Labute approximate surface area is 188 Å². The van der Waals surface area contributed by atoms with Crippen molar-refractivity contribution >= 4 is 17.8 Å². The molecule has 9 heteroatoms. The van der Waals surface area contributed by atoms with E-state index in [0.29, 0.717) is 18.8 Å². The maximum Gasteiger partial charge on any atom is 0.344 e. The Morgan fingerprint density at radius 1 is 1.19 bits per heavy atom. The Balaban J connectivity index is 1.43. The number of ether oxygens (including phenoxy) is 2. The first kappa shape index (κ1) is 22.4. The van der Waals surface area contributed by atoms with Gasteiger partial charge in [-0.15, -0.1) is 0 Å². The molecule has 3 fully saturated rings. The summed E-state index contributed by atoms with van der Waals surface area (Å²) in [5.74, 6) is 1.27. The molecule has 4 rings (SSSR count). The normalized spacial score (nSPS) is 28.2. The minimum Gasteiger partial charge on any atom is -0.497 e. The summed E-state index contributed by atoms with van der Waals surface area (Å²) in [6.45, 7) is 2.96. The molecule has 1 spiro atoms. The van der Waals surface area contributed by atoms with Crippen LogP contribution in [0, 0.1) is 5.92 Å². The van der Waals surface area contributed by atoms with Gasteiger partial charge >= 0.3 is 6.03 Å². The second kappa shape index (κ2) is 8.97. The maximum atomic E-state index is 13.0. The molecule has 4 amide bonds. The monoisotopic (exact) mass is 444 g/mol. The van der Waals surface area contributed by atoms with E-state index in [1.165, 1.54) is 0 Å². The summed E-state index contributed by atoms with van der Waals surface area (Å²) in [7, 11) is 3.24. The number of carbonyl (C=O) groups is 3. The van der Waals surface area contributed by atoms with E-state index < -0.39 is 11.6 Å². The Kier molecular flexibility index (Phi) is 6.28. The molecular weight excluding hydrogens is 412 g/mol. The van der Waals surface area contributed by atoms with E-state index in [0.717, 1.165) is 54.3 Å². The van der Waals surface area contributed by atoms with Gasteiger partial charge < -0.3 is 14.8 Å². The van der Waals surface area contributed by atoms with Gasteiger partial charge in [0, 0.05) is 11.6 Å². The van der Waals surface area contributed by atoms with Crippen LogP contribution in [0.25, 0.3) is 0 Å². The quantitative estimate of drug-likeness (QED) is 0.654. The lowest BCUT2D eigenvalue weighted by atomic mass is 9.77. The van der Waals surface area contributed by atoms with E-state index in [-0.39, 0.29) is 24.4 Å². The number of nitrogens with one attached hydrogen (secondary N) is 2. The molecular formula is C23H32N4O5. The molecule has 1 saturated carbocycles. The zero-order valence-corrected chi connectivity index (χ0v) is 19.0. The third kappa shape index (κ3) is 4.13. The highest BCUT2D eigenvalue weighted by Gasteiger charge is 2.53. The number of methoxy groups -OCH3 is 2. The minimum absolute atomic E-state index is 0.0138. The average molecular weight is 445 g/mol. The molecule has 2 saturated heterocycles. The molecule has 1 atom stereocenters. The van der Waals surface area contributed by atoms with Crippen molar-refractivity contribution in [3.63, 3.8) is 0 Å². The van der Waals surface area contributed by atoms with E-state index in [2.05, 4.69) is 17.7 Å². The van der Waals surface area contributed by atoms with E-state index >= 15 is 0 Å². The first-order valence-electron chi connectivity index (χ1n) is 11.3. The number of benzene rings is 1. The molecule has 9 nitrogen and oxygen atoms in total. The molecule has 3 aliphatic rings.